The van der Waals surface area contributed by atoms with Crippen LogP contribution in [0.4, 0.5) is 26.3 Å². The van der Waals surface area contributed by atoms with Gasteiger partial charge in [0.15, 0.2) is 0 Å². The molecule has 10 nitrogen and oxygen atoms in total. The van der Waals surface area contributed by atoms with Gasteiger partial charge in [-0.1, -0.05) is 24.3 Å². The molecule has 0 radical (unpaired) electrons. The number of ether oxygens (including phenoxy) is 1. The molecule has 8 N–H and O–H groups in total. The molecule has 0 bridgehead atoms. The van der Waals surface area contributed by atoms with Crippen molar-refractivity contribution in [2.45, 2.75) is 62.5 Å². The summed E-state index contributed by atoms with van der Waals surface area (Å²) < 4.78 is 79.9. The predicted molar refractivity (Wildman–Crippen MR) is 142 cm³/mol. The molecular formula is C27H32F6N6O4. The number of nitrogens with two attached hydrogens (primary N) is 3. The minimum Gasteiger partial charge on any atom is -0.406 e. The van der Waals surface area contributed by atoms with E-state index in [9.17, 15) is 40.7 Å². The summed E-state index contributed by atoms with van der Waals surface area (Å²) in [4.78, 5) is 39.9. The molecule has 16 heteroatoms. The van der Waals surface area contributed by atoms with Gasteiger partial charge in [-0.15, -0.1) is 13.2 Å². The Kier molecular flexibility index (Phi) is 11.0. The van der Waals surface area contributed by atoms with Gasteiger partial charge in [0.25, 0.3) is 0 Å². The van der Waals surface area contributed by atoms with E-state index in [1.165, 1.54) is 29.2 Å². The van der Waals surface area contributed by atoms with Gasteiger partial charge < -0.3 is 37.5 Å². The van der Waals surface area contributed by atoms with Gasteiger partial charge in [0.2, 0.25) is 17.7 Å². The summed E-state index contributed by atoms with van der Waals surface area (Å²) in [6.07, 6.45) is -9.80. The average Bonchev–Trinajstić information content (AvgIpc) is 3.27. The van der Waals surface area contributed by atoms with E-state index in [1.54, 1.807) is 0 Å². The number of amides is 3. The van der Waals surface area contributed by atoms with Gasteiger partial charge in [-0.3, -0.25) is 14.4 Å². The zero-order valence-electron chi connectivity index (χ0n) is 22.8. The number of carbonyl (C=O) groups excluding carboxylic acids is 3. The minimum absolute atomic E-state index is 0.0629. The van der Waals surface area contributed by atoms with E-state index in [1.807, 2.05) is 0 Å². The molecule has 0 aromatic heterocycles. The van der Waals surface area contributed by atoms with E-state index in [0.29, 0.717) is 11.1 Å². The SMILES string of the molecule is NC(CCC(=O)N1CC(N)C(N)C1)C(=O)NC(Cc1ccc(C(F)(F)F)cc1)C(=O)NCc1ccc(OC(F)(F)F)cc1. The van der Waals surface area contributed by atoms with Crippen molar-refractivity contribution in [2.75, 3.05) is 13.1 Å². The van der Waals surface area contributed by atoms with E-state index in [2.05, 4.69) is 15.4 Å². The third-order valence-corrected chi connectivity index (χ3v) is 6.75. The number of halogens is 6. The van der Waals surface area contributed by atoms with Gasteiger partial charge >= 0.3 is 12.5 Å². The molecule has 1 aliphatic heterocycles. The molecule has 4 atom stereocenters. The Hall–Kier alpha value is -3.89. The molecule has 2 aromatic rings. The van der Waals surface area contributed by atoms with Crippen molar-refractivity contribution in [1.82, 2.24) is 15.5 Å². The van der Waals surface area contributed by atoms with Crippen molar-refractivity contribution in [3.05, 3.63) is 65.2 Å². The van der Waals surface area contributed by atoms with Crippen molar-refractivity contribution in [2.24, 2.45) is 17.2 Å². The lowest BCUT2D eigenvalue weighted by Crippen LogP contribution is -2.52. The van der Waals surface area contributed by atoms with E-state index < -0.39 is 47.7 Å². The maximum absolute atomic E-state index is 13.1. The van der Waals surface area contributed by atoms with Gasteiger partial charge in [0, 0.05) is 44.6 Å². The first-order chi connectivity index (χ1) is 20.0. The number of benzene rings is 2. The third kappa shape index (κ3) is 10.4. The first-order valence-corrected chi connectivity index (χ1v) is 13.1. The normalized spacial score (nSPS) is 18.6. The van der Waals surface area contributed by atoms with E-state index >= 15 is 0 Å². The van der Waals surface area contributed by atoms with Crippen LogP contribution in [0.15, 0.2) is 48.5 Å². The van der Waals surface area contributed by atoms with Crippen LogP contribution in [-0.4, -0.2) is 66.2 Å². The molecule has 4 unspecified atom stereocenters. The Morgan fingerprint density at radius 1 is 0.884 bits per heavy atom. The number of nitrogens with zero attached hydrogens (tertiary/aromatic N) is 1. The summed E-state index contributed by atoms with van der Waals surface area (Å²) in [6, 6.07) is 5.49. The van der Waals surface area contributed by atoms with Crippen LogP contribution in [0, 0.1) is 0 Å². The predicted octanol–water partition coefficient (Wildman–Crippen LogP) is 1.55. The molecule has 1 fully saturated rings. The molecule has 3 rings (SSSR count). The minimum atomic E-state index is -4.87. The highest BCUT2D eigenvalue weighted by Gasteiger charge is 2.33. The molecule has 0 spiro atoms. The lowest BCUT2D eigenvalue weighted by Gasteiger charge is -2.22. The summed E-state index contributed by atoms with van der Waals surface area (Å²) in [6.45, 7) is 0.398. The van der Waals surface area contributed by atoms with E-state index in [4.69, 9.17) is 17.2 Å². The standard InChI is InChI=1S/C27H32F6N6O4/c28-26(29,30)17-5-1-15(2-6-17)11-22(25(42)37-12-16-3-7-18(8-4-16)43-27(31,32)33)38-24(41)19(34)9-10-23(40)39-13-20(35)21(36)14-39/h1-8,19-22H,9-14,34-36H2,(H,37,42)(H,38,41). The fourth-order valence-corrected chi connectivity index (χ4v) is 4.30. The number of rotatable bonds is 11. The topological polar surface area (TPSA) is 166 Å². The second-order valence-electron chi connectivity index (χ2n) is 10.1. The number of alkyl halides is 6. The van der Waals surface area contributed by atoms with Crippen LogP contribution in [0.2, 0.25) is 0 Å². The fraction of sp³-hybridized carbons (Fsp3) is 0.444. The highest BCUT2D eigenvalue weighted by Crippen LogP contribution is 2.29. The number of carbonyl (C=O) groups is 3. The lowest BCUT2D eigenvalue weighted by atomic mass is 10.0. The Labute approximate surface area is 242 Å². The highest BCUT2D eigenvalue weighted by atomic mass is 19.4. The molecule has 1 saturated heterocycles. The number of hydrogen-bond acceptors (Lipinski definition) is 7. The maximum atomic E-state index is 13.1. The van der Waals surface area contributed by atoms with Gasteiger partial charge in [0.1, 0.15) is 11.8 Å². The Morgan fingerprint density at radius 3 is 1.98 bits per heavy atom. The quantitative estimate of drug-likeness (QED) is 0.238. The van der Waals surface area contributed by atoms with E-state index in [-0.39, 0.29) is 56.9 Å². The van der Waals surface area contributed by atoms with Gasteiger partial charge in [0.05, 0.1) is 11.6 Å². The molecule has 3 amide bonds. The summed E-state index contributed by atoms with van der Waals surface area (Å²) in [5, 5.41) is 5.02. The van der Waals surface area contributed by atoms with Crippen LogP contribution in [0.1, 0.15) is 29.5 Å². The first-order valence-electron chi connectivity index (χ1n) is 13.1. The van der Waals surface area contributed by atoms with Crippen molar-refractivity contribution in [3.8, 4) is 5.75 Å². The zero-order chi connectivity index (χ0) is 31.9. The molecule has 0 saturated carbocycles. The second-order valence-corrected chi connectivity index (χ2v) is 10.1. The molecule has 1 aliphatic rings. The monoisotopic (exact) mass is 618 g/mol. The van der Waals surface area contributed by atoms with Crippen molar-refractivity contribution >= 4 is 17.7 Å². The van der Waals surface area contributed by atoms with Gasteiger partial charge in [-0.2, -0.15) is 13.2 Å². The lowest BCUT2D eigenvalue weighted by molar-refractivity contribution is -0.274. The molecule has 1 heterocycles. The van der Waals surface area contributed by atoms with Crippen LogP contribution in [0.25, 0.3) is 0 Å². The van der Waals surface area contributed by atoms with Crippen LogP contribution in [0.5, 0.6) is 5.75 Å². The first kappa shape index (κ1) is 33.6. The molecule has 236 valence electrons. The largest absolute Gasteiger partial charge is 0.573 e. The average molecular weight is 619 g/mol. The van der Waals surface area contributed by atoms with Gasteiger partial charge in [-0.25, -0.2) is 0 Å². The molecule has 0 aliphatic carbocycles. The van der Waals surface area contributed by atoms with Crippen LogP contribution < -0.4 is 32.6 Å². The van der Waals surface area contributed by atoms with Crippen LogP contribution in [-0.2, 0) is 33.5 Å². The van der Waals surface area contributed by atoms with Gasteiger partial charge in [-0.05, 0) is 41.8 Å². The maximum Gasteiger partial charge on any atom is 0.573 e. The molecule has 43 heavy (non-hydrogen) atoms. The van der Waals surface area contributed by atoms with Crippen LogP contribution in [0.3, 0.4) is 0 Å². The highest BCUT2D eigenvalue weighted by molar-refractivity contribution is 5.90. The van der Waals surface area contributed by atoms with Crippen molar-refractivity contribution in [3.63, 3.8) is 0 Å². The summed E-state index contributed by atoms with van der Waals surface area (Å²) >= 11 is 0. The summed E-state index contributed by atoms with van der Waals surface area (Å²) in [5.74, 6) is -2.26. The Bertz CT molecular complexity index is 1250. The molecular weight excluding hydrogens is 586 g/mol. The Balaban J connectivity index is 1.64. The smallest absolute Gasteiger partial charge is 0.406 e. The second kappa shape index (κ2) is 14.1. The zero-order valence-corrected chi connectivity index (χ0v) is 22.8. The fourth-order valence-electron chi connectivity index (χ4n) is 4.30. The Morgan fingerprint density at radius 2 is 1.44 bits per heavy atom. The number of nitrogens with one attached hydrogen (secondary N) is 2. The molecule has 2 aromatic carbocycles. The van der Waals surface area contributed by atoms with Crippen LogP contribution >= 0.6 is 0 Å². The number of hydrogen-bond donors (Lipinski definition) is 5. The third-order valence-electron chi connectivity index (χ3n) is 6.75. The number of likely N-dealkylation sites (tertiary alicyclic amines) is 1. The van der Waals surface area contributed by atoms with E-state index in [0.717, 1.165) is 24.3 Å². The summed E-state index contributed by atoms with van der Waals surface area (Å²) in [5.41, 5.74) is 17.4. The summed E-state index contributed by atoms with van der Waals surface area (Å²) in [7, 11) is 0. The van der Waals surface area contributed by atoms with Crippen molar-refractivity contribution in [1.29, 1.82) is 0 Å². The van der Waals surface area contributed by atoms with Crippen molar-refractivity contribution < 1.29 is 45.5 Å².